The van der Waals surface area contributed by atoms with E-state index in [1.54, 1.807) is 53.1 Å². The Bertz CT molecular complexity index is 1510. The van der Waals surface area contributed by atoms with Crippen molar-refractivity contribution >= 4 is 23.2 Å². The van der Waals surface area contributed by atoms with Gasteiger partial charge >= 0.3 is 0 Å². The highest BCUT2D eigenvalue weighted by atomic mass is 16.2. The summed E-state index contributed by atoms with van der Waals surface area (Å²) in [5.41, 5.74) is 3.65. The van der Waals surface area contributed by atoms with Crippen LogP contribution in [-0.4, -0.2) is 48.8 Å². The van der Waals surface area contributed by atoms with Crippen molar-refractivity contribution in [3.05, 3.63) is 120 Å². The standard InChI is InChI=1S/C27H24N8O2/c1-33(27(37)25-19-35(32-30-25)17-21-11-6-3-7-12-21)23-14-8-13-22(15-23)28-26(36)24-18-34(31-29-24)16-20-9-4-2-5-10-20/h2-15,18-19H,16-17H2,1H3,(H,28,36). The first-order valence-corrected chi connectivity index (χ1v) is 11.6. The number of amides is 2. The fourth-order valence-electron chi connectivity index (χ4n) is 3.77. The Labute approximate surface area is 213 Å². The molecule has 0 fully saturated rings. The van der Waals surface area contributed by atoms with Crippen LogP contribution in [0.25, 0.3) is 0 Å². The van der Waals surface area contributed by atoms with Crippen molar-refractivity contribution in [2.75, 3.05) is 17.3 Å². The van der Waals surface area contributed by atoms with Crippen LogP contribution >= 0.6 is 0 Å². The minimum absolute atomic E-state index is 0.195. The molecule has 10 heteroatoms. The highest BCUT2D eigenvalue weighted by molar-refractivity contribution is 6.05. The zero-order chi connectivity index (χ0) is 25.6. The van der Waals surface area contributed by atoms with E-state index in [9.17, 15) is 9.59 Å². The quantitative estimate of drug-likeness (QED) is 0.355. The van der Waals surface area contributed by atoms with Crippen LogP contribution in [0.2, 0.25) is 0 Å². The van der Waals surface area contributed by atoms with Crippen molar-refractivity contribution in [1.29, 1.82) is 0 Å². The van der Waals surface area contributed by atoms with E-state index in [-0.39, 0.29) is 17.3 Å². The first-order chi connectivity index (χ1) is 18.0. The number of carbonyl (C=O) groups is 2. The zero-order valence-electron chi connectivity index (χ0n) is 20.1. The summed E-state index contributed by atoms with van der Waals surface area (Å²) in [4.78, 5) is 27.2. The molecule has 0 spiro atoms. The number of nitrogens with one attached hydrogen (secondary N) is 1. The molecule has 0 radical (unpaired) electrons. The van der Waals surface area contributed by atoms with E-state index in [4.69, 9.17) is 0 Å². The van der Waals surface area contributed by atoms with Crippen molar-refractivity contribution in [2.45, 2.75) is 13.1 Å². The highest BCUT2D eigenvalue weighted by Crippen LogP contribution is 2.20. The SMILES string of the molecule is CN(C(=O)c1cn(Cc2ccccc2)nn1)c1cccc(NC(=O)c2cn(Cc3ccccc3)nn2)c1. The molecule has 10 nitrogen and oxygen atoms in total. The van der Waals surface area contributed by atoms with Crippen molar-refractivity contribution in [3.63, 3.8) is 0 Å². The molecule has 0 saturated carbocycles. The van der Waals surface area contributed by atoms with E-state index in [2.05, 4.69) is 25.9 Å². The lowest BCUT2D eigenvalue weighted by Gasteiger charge is -2.17. The molecule has 5 rings (SSSR count). The monoisotopic (exact) mass is 492 g/mol. The summed E-state index contributed by atoms with van der Waals surface area (Å²) in [6.07, 6.45) is 3.22. The lowest BCUT2D eigenvalue weighted by atomic mass is 10.2. The molecule has 184 valence electrons. The Morgan fingerprint density at radius 1 is 0.757 bits per heavy atom. The zero-order valence-corrected chi connectivity index (χ0v) is 20.1. The predicted octanol–water partition coefficient (Wildman–Crippen LogP) is 3.50. The number of carbonyl (C=O) groups excluding carboxylic acids is 2. The number of hydrogen-bond acceptors (Lipinski definition) is 6. The van der Waals surface area contributed by atoms with E-state index in [0.29, 0.717) is 24.5 Å². The minimum Gasteiger partial charge on any atom is -0.320 e. The normalized spacial score (nSPS) is 10.7. The van der Waals surface area contributed by atoms with Crippen LogP contribution in [0, 0.1) is 0 Å². The van der Waals surface area contributed by atoms with E-state index in [1.165, 1.54) is 4.90 Å². The van der Waals surface area contributed by atoms with Crippen LogP contribution < -0.4 is 10.2 Å². The minimum atomic E-state index is -0.394. The Balaban J connectivity index is 1.23. The molecule has 0 aliphatic heterocycles. The lowest BCUT2D eigenvalue weighted by Crippen LogP contribution is -2.26. The van der Waals surface area contributed by atoms with Crippen molar-refractivity contribution in [2.24, 2.45) is 0 Å². The molecule has 2 heterocycles. The number of aromatic nitrogens is 6. The predicted molar refractivity (Wildman–Crippen MR) is 138 cm³/mol. The van der Waals surface area contributed by atoms with Crippen LogP contribution in [0.1, 0.15) is 32.1 Å². The number of benzene rings is 3. The molecule has 0 bridgehead atoms. The topological polar surface area (TPSA) is 111 Å². The van der Waals surface area contributed by atoms with Gasteiger partial charge in [-0.15, -0.1) is 10.2 Å². The van der Waals surface area contributed by atoms with Gasteiger partial charge in [0.25, 0.3) is 11.8 Å². The molecule has 1 N–H and O–H groups in total. The van der Waals surface area contributed by atoms with Gasteiger partial charge in [-0.05, 0) is 29.3 Å². The van der Waals surface area contributed by atoms with E-state index >= 15 is 0 Å². The van der Waals surface area contributed by atoms with Gasteiger partial charge in [0.05, 0.1) is 25.5 Å². The Morgan fingerprint density at radius 2 is 1.32 bits per heavy atom. The van der Waals surface area contributed by atoms with Gasteiger partial charge in [-0.25, -0.2) is 9.36 Å². The molecule has 3 aromatic carbocycles. The van der Waals surface area contributed by atoms with Crippen molar-refractivity contribution < 1.29 is 9.59 Å². The maximum Gasteiger partial charge on any atom is 0.280 e. The second-order valence-electron chi connectivity index (χ2n) is 8.44. The molecule has 0 aliphatic rings. The second kappa shape index (κ2) is 10.6. The van der Waals surface area contributed by atoms with Gasteiger partial charge in [-0.2, -0.15) is 0 Å². The molecule has 0 saturated heterocycles. The molecule has 2 aromatic heterocycles. The Hall–Kier alpha value is -5.12. The smallest absolute Gasteiger partial charge is 0.280 e. The Morgan fingerprint density at radius 3 is 1.95 bits per heavy atom. The first kappa shape index (κ1) is 23.6. The average molecular weight is 493 g/mol. The maximum absolute atomic E-state index is 13.0. The number of anilines is 2. The van der Waals surface area contributed by atoms with Crippen molar-refractivity contribution in [3.8, 4) is 0 Å². The summed E-state index contributed by atoms with van der Waals surface area (Å²) >= 11 is 0. The van der Waals surface area contributed by atoms with E-state index in [1.807, 2.05) is 60.7 Å². The summed E-state index contributed by atoms with van der Waals surface area (Å²) in [5.74, 6) is -0.707. The molecule has 2 amide bonds. The molecular formula is C27H24N8O2. The summed E-state index contributed by atoms with van der Waals surface area (Å²) in [5, 5.41) is 19.0. The average Bonchev–Trinajstić information content (AvgIpc) is 3.59. The first-order valence-electron chi connectivity index (χ1n) is 11.6. The van der Waals surface area contributed by atoms with Crippen LogP contribution in [0.15, 0.2) is 97.3 Å². The molecule has 0 aliphatic carbocycles. The molecular weight excluding hydrogens is 468 g/mol. The van der Waals surface area contributed by atoms with Crippen LogP contribution in [0.3, 0.4) is 0 Å². The number of hydrogen-bond donors (Lipinski definition) is 1. The summed E-state index contributed by atoms with van der Waals surface area (Å²) < 4.78 is 3.23. The number of rotatable bonds is 8. The van der Waals surface area contributed by atoms with Crippen molar-refractivity contribution in [1.82, 2.24) is 30.0 Å². The van der Waals surface area contributed by atoms with Gasteiger partial charge in [0.15, 0.2) is 11.4 Å². The fraction of sp³-hybridized carbons (Fsp3) is 0.111. The third-order valence-electron chi connectivity index (χ3n) is 5.70. The lowest BCUT2D eigenvalue weighted by molar-refractivity contribution is 0.0986. The third-order valence-corrected chi connectivity index (χ3v) is 5.70. The van der Waals surface area contributed by atoms with Gasteiger partial charge in [0.2, 0.25) is 0 Å². The molecule has 37 heavy (non-hydrogen) atoms. The second-order valence-corrected chi connectivity index (χ2v) is 8.44. The summed E-state index contributed by atoms with van der Waals surface area (Å²) in [6.45, 7) is 1.03. The van der Waals surface area contributed by atoms with Gasteiger partial charge in [-0.1, -0.05) is 77.2 Å². The van der Waals surface area contributed by atoms with Gasteiger partial charge in [0, 0.05) is 18.4 Å². The van der Waals surface area contributed by atoms with E-state index in [0.717, 1.165) is 11.1 Å². The maximum atomic E-state index is 13.0. The number of nitrogens with zero attached hydrogens (tertiary/aromatic N) is 7. The Kier molecular flexibility index (Phi) is 6.80. The molecule has 0 atom stereocenters. The fourth-order valence-corrected chi connectivity index (χ4v) is 3.77. The van der Waals surface area contributed by atoms with Crippen LogP contribution in [-0.2, 0) is 13.1 Å². The third kappa shape index (κ3) is 5.76. The largest absolute Gasteiger partial charge is 0.320 e. The van der Waals surface area contributed by atoms with Crippen LogP contribution in [0.5, 0.6) is 0 Å². The summed E-state index contributed by atoms with van der Waals surface area (Å²) in [7, 11) is 1.65. The van der Waals surface area contributed by atoms with Crippen LogP contribution in [0.4, 0.5) is 11.4 Å². The van der Waals surface area contributed by atoms with E-state index < -0.39 is 5.91 Å². The van der Waals surface area contributed by atoms with Gasteiger partial charge in [-0.3, -0.25) is 9.59 Å². The highest BCUT2D eigenvalue weighted by Gasteiger charge is 2.18. The summed E-state index contributed by atoms with van der Waals surface area (Å²) in [6, 6.07) is 26.6. The van der Waals surface area contributed by atoms with Gasteiger partial charge in [0.1, 0.15) is 0 Å². The molecule has 0 unspecified atom stereocenters. The van der Waals surface area contributed by atoms with Gasteiger partial charge < -0.3 is 10.2 Å². The molecule has 5 aromatic rings.